The lowest BCUT2D eigenvalue weighted by molar-refractivity contribution is -0.128. The average Bonchev–Trinajstić information content (AvgIpc) is 3.20. The van der Waals surface area contributed by atoms with E-state index >= 15 is 0 Å². The molecule has 2 heterocycles. The summed E-state index contributed by atoms with van der Waals surface area (Å²) >= 11 is 1.51. The summed E-state index contributed by atoms with van der Waals surface area (Å²) in [5.74, 6) is -0.142. The van der Waals surface area contributed by atoms with E-state index in [0.717, 1.165) is 38.5 Å². The van der Waals surface area contributed by atoms with Crippen molar-refractivity contribution in [3.05, 3.63) is 81.0 Å². The SMILES string of the molecule is Cc1ccc(N2C(=O)CN(c3cccc(C)c3C)C(=O)C2c2cccs2)c(C)c1. The number of carbonyl (C=O) groups excluding carboxylic acids is 2. The van der Waals surface area contributed by atoms with Crippen molar-refractivity contribution in [3.8, 4) is 0 Å². The predicted octanol–water partition coefficient (Wildman–Crippen LogP) is 5.10. The second-order valence-electron chi connectivity index (χ2n) is 7.62. The van der Waals surface area contributed by atoms with Crippen LogP contribution < -0.4 is 9.80 Å². The van der Waals surface area contributed by atoms with Crippen molar-refractivity contribution in [1.82, 2.24) is 0 Å². The highest BCUT2D eigenvalue weighted by Crippen LogP contribution is 2.38. The van der Waals surface area contributed by atoms with Crippen LogP contribution in [0.5, 0.6) is 0 Å². The zero-order valence-electron chi connectivity index (χ0n) is 17.1. The molecular weight excluding hydrogens is 380 g/mol. The Morgan fingerprint density at radius 1 is 0.897 bits per heavy atom. The minimum absolute atomic E-state index is 0.0400. The van der Waals surface area contributed by atoms with Gasteiger partial charge in [-0.2, -0.15) is 0 Å². The van der Waals surface area contributed by atoms with Gasteiger partial charge in [-0.15, -0.1) is 11.3 Å². The van der Waals surface area contributed by atoms with Crippen LogP contribution in [-0.2, 0) is 9.59 Å². The van der Waals surface area contributed by atoms with Gasteiger partial charge in [0.15, 0.2) is 6.04 Å². The topological polar surface area (TPSA) is 40.6 Å². The summed E-state index contributed by atoms with van der Waals surface area (Å²) in [6.45, 7) is 8.08. The number of anilines is 2. The minimum Gasteiger partial charge on any atom is -0.301 e. The van der Waals surface area contributed by atoms with E-state index in [4.69, 9.17) is 0 Å². The van der Waals surface area contributed by atoms with E-state index in [1.54, 1.807) is 9.80 Å². The van der Waals surface area contributed by atoms with E-state index in [1.807, 2.05) is 75.5 Å². The number of nitrogens with zero attached hydrogens (tertiary/aromatic N) is 2. The highest BCUT2D eigenvalue weighted by Gasteiger charge is 2.43. The lowest BCUT2D eigenvalue weighted by Gasteiger charge is -2.41. The molecule has 1 fully saturated rings. The summed E-state index contributed by atoms with van der Waals surface area (Å²) in [5.41, 5.74) is 5.86. The van der Waals surface area contributed by atoms with Crippen LogP contribution in [-0.4, -0.2) is 18.4 Å². The van der Waals surface area contributed by atoms with Gasteiger partial charge in [-0.05, 0) is 68.0 Å². The number of piperazine rings is 1. The Balaban J connectivity index is 1.84. The fourth-order valence-electron chi connectivity index (χ4n) is 3.97. The number of rotatable bonds is 3. The van der Waals surface area contributed by atoms with E-state index in [9.17, 15) is 9.59 Å². The van der Waals surface area contributed by atoms with Gasteiger partial charge in [0.2, 0.25) is 5.91 Å². The van der Waals surface area contributed by atoms with Gasteiger partial charge < -0.3 is 4.90 Å². The molecule has 1 aliphatic heterocycles. The molecule has 1 unspecified atom stereocenters. The summed E-state index contributed by atoms with van der Waals surface area (Å²) in [6, 6.07) is 15.1. The van der Waals surface area contributed by atoms with E-state index in [0.29, 0.717) is 0 Å². The molecule has 148 valence electrons. The molecule has 0 N–H and O–H groups in total. The van der Waals surface area contributed by atoms with Crippen LogP contribution in [0.4, 0.5) is 11.4 Å². The van der Waals surface area contributed by atoms with Crippen molar-refractivity contribution < 1.29 is 9.59 Å². The summed E-state index contributed by atoms with van der Waals surface area (Å²) in [7, 11) is 0. The Morgan fingerprint density at radius 2 is 1.69 bits per heavy atom. The van der Waals surface area contributed by atoms with Gasteiger partial charge in [0, 0.05) is 16.3 Å². The third kappa shape index (κ3) is 3.36. The van der Waals surface area contributed by atoms with Gasteiger partial charge in [-0.1, -0.05) is 35.9 Å². The summed E-state index contributed by atoms with van der Waals surface area (Å²) < 4.78 is 0. The Hall–Kier alpha value is -2.92. The highest BCUT2D eigenvalue weighted by molar-refractivity contribution is 7.10. The molecule has 3 aromatic rings. The molecule has 0 spiro atoms. The normalized spacial score (nSPS) is 17.2. The van der Waals surface area contributed by atoms with Crippen LogP contribution in [0.1, 0.15) is 33.2 Å². The number of benzene rings is 2. The number of aryl methyl sites for hydroxylation is 3. The maximum absolute atomic E-state index is 13.7. The Kier molecular flexibility index (Phi) is 5.01. The number of amides is 2. The Labute approximate surface area is 175 Å². The minimum atomic E-state index is -0.655. The molecule has 2 amide bonds. The molecule has 4 nitrogen and oxygen atoms in total. The molecule has 5 heteroatoms. The fraction of sp³-hybridized carbons (Fsp3) is 0.250. The Bertz CT molecular complexity index is 1090. The third-order valence-corrected chi connectivity index (χ3v) is 6.54. The molecule has 0 aliphatic carbocycles. The fourth-order valence-corrected chi connectivity index (χ4v) is 4.77. The van der Waals surface area contributed by atoms with E-state index in [-0.39, 0.29) is 18.4 Å². The van der Waals surface area contributed by atoms with E-state index in [2.05, 4.69) is 6.07 Å². The first kappa shape index (κ1) is 19.4. The van der Waals surface area contributed by atoms with E-state index < -0.39 is 6.04 Å². The second-order valence-corrected chi connectivity index (χ2v) is 8.59. The first-order valence-electron chi connectivity index (χ1n) is 9.69. The van der Waals surface area contributed by atoms with Crippen molar-refractivity contribution in [2.45, 2.75) is 33.7 Å². The van der Waals surface area contributed by atoms with Crippen LogP contribution in [0.3, 0.4) is 0 Å². The first-order chi connectivity index (χ1) is 13.9. The molecule has 29 heavy (non-hydrogen) atoms. The largest absolute Gasteiger partial charge is 0.301 e. The number of thiophene rings is 1. The van der Waals surface area contributed by atoms with Crippen molar-refractivity contribution in [3.63, 3.8) is 0 Å². The van der Waals surface area contributed by atoms with Crippen LogP contribution in [0, 0.1) is 27.7 Å². The van der Waals surface area contributed by atoms with Crippen LogP contribution in [0.2, 0.25) is 0 Å². The number of hydrogen-bond donors (Lipinski definition) is 0. The quantitative estimate of drug-likeness (QED) is 0.609. The smallest absolute Gasteiger partial charge is 0.256 e. The Morgan fingerprint density at radius 3 is 2.38 bits per heavy atom. The maximum atomic E-state index is 13.7. The van der Waals surface area contributed by atoms with Gasteiger partial charge in [-0.3, -0.25) is 14.5 Å². The summed E-state index contributed by atoms with van der Waals surface area (Å²) in [6.07, 6.45) is 0. The van der Waals surface area contributed by atoms with Crippen molar-refractivity contribution in [2.24, 2.45) is 0 Å². The molecule has 0 radical (unpaired) electrons. The monoisotopic (exact) mass is 404 g/mol. The van der Waals surface area contributed by atoms with Gasteiger partial charge >= 0.3 is 0 Å². The molecule has 0 bridgehead atoms. The van der Waals surface area contributed by atoms with Gasteiger partial charge in [0.1, 0.15) is 6.54 Å². The average molecular weight is 405 g/mol. The zero-order chi connectivity index (χ0) is 20.7. The van der Waals surface area contributed by atoms with E-state index in [1.165, 1.54) is 11.3 Å². The lowest BCUT2D eigenvalue weighted by Crippen LogP contribution is -2.56. The van der Waals surface area contributed by atoms with Crippen molar-refractivity contribution in [1.29, 1.82) is 0 Å². The van der Waals surface area contributed by atoms with Gasteiger partial charge in [0.05, 0.1) is 0 Å². The molecule has 1 saturated heterocycles. The predicted molar refractivity (Wildman–Crippen MR) is 119 cm³/mol. The van der Waals surface area contributed by atoms with Crippen LogP contribution in [0.25, 0.3) is 0 Å². The molecule has 1 aliphatic rings. The third-order valence-electron chi connectivity index (χ3n) is 5.61. The summed E-state index contributed by atoms with van der Waals surface area (Å²) in [4.78, 5) is 31.3. The first-order valence-corrected chi connectivity index (χ1v) is 10.6. The summed E-state index contributed by atoms with van der Waals surface area (Å²) in [5, 5.41) is 1.95. The lowest BCUT2D eigenvalue weighted by atomic mass is 10.0. The maximum Gasteiger partial charge on any atom is 0.256 e. The second kappa shape index (κ2) is 7.48. The standard InChI is InChI=1S/C24H24N2O2S/c1-15-10-11-19(17(3)13-15)26-22(27)14-25(20-8-5-7-16(2)18(20)4)24(28)23(26)21-9-6-12-29-21/h5-13,23H,14H2,1-4H3. The van der Waals surface area contributed by atoms with Crippen molar-refractivity contribution >= 4 is 34.5 Å². The molecule has 4 rings (SSSR count). The zero-order valence-corrected chi connectivity index (χ0v) is 17.9. The highest BCUT2D eigenvalue weighted by atomic mass is 32.1. The number of hydrogen-bond acceptors (Lipinski definition) is 3. The molecule has 1 aromatic heterocycles. The van der Waals surface area contributed by atoms with Crippen LogP contribution in [0.15, 0.2) is 53.9 Å². The molecule has 2 aromatic carbocycles. The van der Waals surface area contributed by atoms with Gasteiger partial charge in [0.25, 0.3) is 5.91 Å². The van der Waals surface area contributed by atoms with Crippen LogP contribution >= 0.6 is 11.3 Å². The molecule has 0 saturated carbocycles. The number of carbonyl (C=O) groups is 2. The van der Waals surface area contributed by atoms with Crippen molar-refractivity contribution in [2.75, 3.05) is 16.3 Å². The van der Waals surface area contributed by atoms with Gasteiger partial charge in [-0.25, -0.2) is 0 Å². The molecule has 1 atom stereocenters. The molecular formula is C24H24N2O2S.